The van der Waals surface area contributed by atoms with Crippen LogP contribution in [-0.4, -0.2) is 7.05 Å². The highest BCUT2D eigenvalue weighted by molar-refractivity contribution is 5.29. The van der Waals surface area contributed by atoms with Gasteiger partial charge in [0.2, 0.25) is 0 Å². The van der Waals surface area contributed by atoms with Crippen LogP contribution in [0.2, 0.25) is 0 Å². The lowest BCUT2D eigenvalue weighted by Gasteiger charge is -2.21. The molecule has 0 saturated carbocycles. The minimum Gasteiger partial charge on any atom is -0.313 e. The first-order chi connectivity index (χ1) is 8.49. The minimum atomic E-state index is 0.224. The van der Waals surface area contributed by atoms with Crippen LogP contribution in [0.5, 0.6) is 0 Å². The third-order valence-corrected chi connectivity index (χ3v) is 3.26. The molecule has 1 aromatic carbocycles. The molecule has 0 amide bonds. The number of nitrogens with one attached hydrogen (secondary N) is 1. The zero-order valence-electron chi connectivity index (χ0n) is 12.3. The average molecular weight is 243 g/mol. The summed E-state index contributed by atoms with van der Waals surface area (Å²) in [6, 6.07) is 9.36. The van der Waals surface area contributed by atoms with Gasteiger partial charge in [-0.15, -0.1) is 11.8 Å². The Kier molecular flexibility index (Phi) is 5.44. The van der Waals surface area contributed by atoms with Crippen molar-refractivity contribution >= 4 is 0 Å². The molecule has 0 aliphatic heterocycles. The Hall–Kier alpha value is -1.26. The number of hydrogen-bond donors (Lipinski definition) is 1. The molecular weight excluding hydrogens is 218 g/mol. The van der Waals surface area contributed by atoms with Crippen LogP contribution >= 0.6 is 0 Å². The molecule has 1 rings (SSSR count). The third-order valence-electron chi connectivity index (χ3n) is 3.26. The van der Waals surface area contributed by atoms with Crippen LogP contribution in [0.4, 0.5) is 0 Å². The van der Waals surface area contributed by atoms with Gasteiger partial charge in [-0.1, -0.05) is 45.0 Å². The average Bonchev–Trinajstić information content (AvgIpc) is 2.34. The Morgan fingerprint density at radius 3 is 2.22 bits per heavy atom. The Morgan fingerprint density at radius 2 is 1.78 bits per heavy atom. The first-order valence-corrected chi connectivity index (χ1v) is 6.66. The Bertz CT molecular complexity index is 412. The molecule has 0 aliphatic rings. The predicted molar refractivity (Wildman–Crippen MR) is 79.6 cm³/mol. The smallest absolute Gasteiger partial charge is 0.0326 e. The van der Waals surface area contributed by atoms with Crippen molar-refractivity contribution in [2.75, 3.05) is 7.05 Å². The number of hydrogen-bond acceptors (Lipinski definition) is 1. The van der Waals surface area contributed by atoms with Crippen LogP contribution in [0.3, 0.4) is 0 Å². The van der Waals surface area contributed by atoms with Gasteiger partial charge in [0.25, 0.3) is 0 Å². The normalized spacial score (nSPS) is 12.7. The second-order valence-corrected chi connectivity index (χ2v) is 5.68. The van der Waals surface area contributed by atoms with E-state index in [1.54, 1.807) is 0 Å². The molecule has 0 fully saturated rings. The van der Waals surface area contributed by atoms with Crippen LogP contribution in [0, 0.1) is 11.8 Å². The quantitative estimate of drug-likeness (QED) is 0.787. The first-order valence-electron chi connectivity index (χ1n) is 6.66. The van der Waals surface area contributed by atoms with Crippen molar-refractivity contribution in [3.05, 3.63) is 35.4 Å². The molecule has 0 bridgehead atoms. The van der Waals surface area contributed by atoms with Gasteiger partial charge in [0, 0.05) is 12.5 Å². The summed E-state index contributed by atoms with van der Waals surface area (Å²) in [6.45, 7) is 8.63. The zero-order chi connectivity index (χ0) is 13.6. The highest BCUT2D eigenvalue weighted by Crippen LogP contribution is 2.25. The molecule has 1 unspecified atom stereocenters. The van der Waals surface area contributed by atoms with Crippen LogP contribution in [-0.2, 0) is 5.41 Å². The fourth-order valence-corrected chi connectivity index (χ4v) is 2.03. The van der Waals surface area contributed by atoms with E-state index in [0.717, 1.165) is 12.8 Å². The summed E-state index contributed by atoms with van der Waals surface area (Å²) in [6.07, 6.45) is 2.01. The lowest BCUT2D eigenvalue weighted by Crippen LogP contribution is -2.17. The number of benzene rings is 1. The molecule has 0 aliphatic carbocycles. The van der Waals surface area contributed by atoms with Gasteiger partial charge in [-0.25, -0.2) is 0 Å². The highest BCUT2D eigenvalue weighted by atomic mass is 14.9. The van der Waals surface area contributed by atoms with E-state index in [1.165, 1.54) is 11.1 Å². The SMILES string of the molecule is CC#CCCC(NC)c1ccc(C(C)(C)C)cc1. The highest BCUT2D eigenvalue weighted by Gasteiger charge is 2.14. The summed E-state index contributed by atoms with van der Waals surface area (Å²) >= 11 is 0. The molecule has 0 aromatic heterocycles. The Morgan fingerprint density at radius 1 is 1.17 bits per heavy atom. The maximum absolute atomic E-state index is 3.37. The van der Waals surface area contributed by atoms with Crippen LogP contribution in [0.1, 0.15) is 57.7 Å². The van der Waals surface area contributed by atoms with Crippen molar-refractivity contribution in [3.8, 4) is 11.8 Å². The summed E-state index contributed by atoms with van der Waals surface area (Å²) in [5.74, 6) is 6.08. The topological polar surface area (TPSA) is 12.0 Å². The maximum atomic E-state index is 3.37. The fourth-order valence-electron chi connectivity index (χ4n) is 2.03. The maximum Gasteiger partial charge on any atom is 0.0326 e. The van der Waals surface area contributed by atoms with Crippen molar-refractivity contribution in [3.63, 3.8) is 0 Å². The monoisotopic (exact) mass is 243 g/mol. The fraction of sp³-hybridized carbons (Fsp3) is 0.529. The number of rotatable bonds is 4. The van der Waals surface area contributed by atoms with Gasteiger partial charge in [0.05, 0.1) is 0 Å². The summed E-state index contributed by atoms with van der Waals surface area (Å²) in [7, 11) is 2.02. The van der Waals surface area contributed by atoms with Crippen molar-refractivity contribution in [1.82, 2.24) is 5.32 Å². The molecule has 1 aromatic rings. The molecule has 1 atom stereocenters. The van der Waals surface area contributed by atoms with E-state index in [9.17, 15) is 0 Å². The summed E-state index contributed by atoms with van der Waals surface area (Å²) in [4.78, 5) is 0. The lowest BCUT2D eigenvalue weighted by molar-refractivity contribution is 0.555. The molecular formula is C17H25N. The van der Waals surface area contributed by atoms with E-state index in [2.05, 4.69) is 62.2 Å². The van der Waals surface area contributed by atoms with Gasteiger partial charge < -0.3 is 5.32 Å². The van der Waals surface area contributed by atoms with Gasteiger partial charge in [-0.05, 0) is 36.9 Å². The molecule has 1 heteroatoms. The van der Waals surface area contributed by atoms with E-state index in [1.807, 2.05) is 14.0 Å². The third kappa shape index (κ3) is 4.20. The molecule has 18 heavy (non-hydrogen) atoms. The summed E-state index contributed by atoms with van der Waals surface area (Å²) in [5.41, 5.74) is 2.96. The van der Waals surface area contributed by atoms with Crippen molar-refractivity contribution in [2.45, 2.75) is 52.0 Å². The molecule has 1 nitrogen and oxygen atoms in total. The second-order valence-electron chi connectivity index (χ2n) is 5.68. The van der Waals surface area contributed by atoms with E-state index in [4.69, 9.17) is 0 Å². The predicted octanol–water partition coefficient (Wildman–Crippen LogP) is 4.05. The molecule has 0 heterocycles. The van der Waals surface area contributed by atoms with E-state index in [0.29, 0.717) is 6.04 Å². The van der Waals surface area contributed by atoms with E-state index in [-0.39, 0.29) is 5.41 Å². The summed E-state index contributed by atoms with van der Waals surface area (Å²) < 4.78 is 0. The van der Waals surface area contributed by atoms with Crippen LogP contribution in [0.25, 0.3) is 0 Å². The van der Waals surface area contributed by atoms with Crippen LogP contribution < -0.4 is 5.32 Å². The van der Waals surface area contributed by atoms with Crippen LogP contribution in [0.15, 0.2) is 24.3 Å². The van der Waals surface area contributed by atoms with E-state index < -0.39 is 0 Å². The lowest BCUT2D eigenvalue weighted by atomic mass is 9.86. The second kappa shape index (κ2) is 6.61. The summed E-state index contributed by atoms with van der Waals surface area (Å²) in [5, 5.41) is 3.37. The Labute approximate surface area is 112 Å². The van der Waals surface area contributed by atoms with Gasteiger partial charge in [0.15, 0.2) is 0 Å². The zero-order valence-corrected chi connectivity index (χ0v) is 12.3. The Balaban J connectivity index is 2.77. The molecule has 1 N–H and O–H groups in total. The van der Waals surface area contributed by atoms with Gasteiger partial charge in [-0.3, -0.25) is 0 Å². The first kappa shape index (κ1) is 14.8. The molecule has 0 spiro atoms. The molecule has 98 valence electrons. The van der Waals surface area contributed by atoms with Crippen molar-refractivity contribution in [2.24, 2.45) is 0 Å². The largest absolute Gasteiger partial charge is 0.313 e. The molecule has 0 saturated heterocycles. The molecule has 0 radical (unpaired) electrons. The van der Waals surface area contributed by atoms with Gasteiger partial charge >= 0.3 is 0 Å². The van der Waals surface area contributed by atoms with E-state index >= 15 is 0 Å². The standard InChI is InChI=1S/C17H25N/c1-6-7-8-9-16(18-5)14-10-12-15(13-11-14)17(2,3)4/h10-13,16,18H,8-9H2,1-5H3. The van der Waals surface area contributed by atoms with Crippen molar-refractivity contribution < 1.29 is 0 Å². The van der Waals surface area contributed by atoms with Gasteiger partial charge in [0.1, 0.15) is 0 Å². The van der Waals surface area contributed by atoms with Crippen molar-refractivity contribution in [1.29, 1.82) is 0 Å². The van der Waals surface area contributed by atoms with Gasteiger partial charge in [-0.2, -0.15) is 0 Å². The minimum absolute atomic E-state index is 0.224.